The van der Waals surface area contributed by atoms with Crippen molar-refractivity contribution in [3.63, 3.8) is 0 Å². The minimum Gasteiger partial charge on any atom is -0.496 e. The van der Waals surface area contributed by atoms with E-state index in [0.717, 1.165) is 11.3 Å². The van der Waals surface area contributed by atoms with Crippen molar-refractivity contribution in [3.8, 4) is 5.75 Å². The molecule has 4 nitrogen and oxygen atoms in total. The molecule has 0 aliphatic heterocycles. The molecule has 22 heavy (non-hydrogen) atoms. The van der Waals surface area contributed by atoms with Crippen LogP contribution in [0.4, 0.5) is 5.69 Å². The molecule has 0 saturated heterocycles. The van der Waals surface area contributed by atoms with Gasteiger partial charge in [-0.25, -0.2) is 4.99 Å². The van der Waals surface area contributed by atoms with E-state index in [-0.39, 0.29) is 0 Å². The Hall–Kier alpha value is -2.33. The normalized spacial score (nSPS) is 13.9. The van der Waals surface area contributed by atoms with Crippen LogP contribution in [0.15, 0.2) is 53.5 Å². The van der Waals surface area contributed by atoms with Gasteiger partial charge in [-0.15, -0.1) is 0 Å². The van der Waals surface area contributed by atoms with Crippen LogP contribution in [-0.2, 0) is 5.60 Å². The predicted octanol–water partition coefficient (Wildman–Crippen LogP) is 3.17. The fourth-order valence-corrected chi connectivity index (χ4v) is 2.26. The molecule has 0 aliphatic rings. The third-order valence-electron chi connectivity index (χ3n) is 3.48. The molecule has 1 unspecified atom stereocenters. The maximum atomic E-state index is 11.0. The summed E-state index contributed by atoms with van der Waals surface area (Å²) in [5.74, 6) is 0.613. The largest absolute Gasteiger partial charge is 0.496 e. The monoisotopic (exact) mass is 298 g/mol. The fourth-order valence-electron chi connectivity index (χ4n) is 2.26. The second-order valence-electron chi connectivity index (χ2n) is 5.53. The average Bonchev–Trinajstić information content (AvgIpc) is 2.53. The van der Waals surface area contributed by atoms with E-state index < -0.39 is 5.60 Å². The van der Waals surface area contributed by atoms with Crippen LogP contribution in [0.2, 0.25) is 0 Å². The lowest BCUT2D eigenvalue weighted by Crippen LogP contribution is -2.23. The topological polar surface area (TPSA) is 45.1 Å². The van der Waals surface area contributed by atoms with Gasteiger partial charge >= 0.3 is 0 Å². The van der Waals surface area contributed by atoms with E-state index >= 15 is 0 Å². The maximum Gasteiger partial charge on any atom is 0.127 e. The number of aliphatic hydroxyl groups is 1. The Kier molecular flexibility index (Phi) is 4.83. The van der Waals surface area contributed by atoms with Crippen LogP contribution in [0.25, 0.3) is 0 Å². The van der Waals surface area contributed by atoms with E-state index in [1.807, 2.05) is 67.5 Å². The predicted molar refractivity (Wildman–Crippen MR) is 89.9 cm³/mol. The number of aliphatic imine (C=N–C) groups is 1. The molecule has 0 radical (unpaired) electrons. The molecule has 0 aliphatic carbocycles. The van der Waals surface area contributed by atoms with Gasteiger partial charge in [0.1, 0.15) is 11.4 Å². The second kappa shape index (κ2) is 6.62. The molecule has 2 aromatic rings. The van der Waals surface area contributed by atoms with Crippen molar-refractivity contribution in [3.05, 3.63) is 59.7 Å². The number of rotatable bonds is 5. The average molecular weight is 298 g/mol. The lowest BCUT2D eigenvalue weighted by molar-refractivity contribution is 0.0990. The quantitative estimate of drug-likeness (QED) is 0.681. The van der Waals surface area contributed by atoms with Gasteiger partial charge in [0.25, 0.3) is 0 Å². The van der Waals surface area contributed by atoms with Crippen molar-refractivity contribution in [2.45, 2.75) is 12.5 Å². The molecule has 0 heterocycles. The van der Waals surface area contributed by atoms with E-state index in [9.17, 15) is 5.11 Å². The molecule has 2 rings (SSSR count). The van der Waals surface area contributed by atoms with Gasteiger partial charge in [-0.2, -0.15) is 0 Å². The van der Waals surface area contributed by atoms with Crippen LogP contribution < -0.4 is 4.74 Å². The van der Waals surface area contributed by atoms with Gasteiger partial charge in [0.15, 0.2) is 0 Å². The van der Waals surface area contributed by atoms with Crippen molar-refractivity contribution < 1.29 is 9.84 Å². The fraction of sp³-hybridized carbons (Fsp3) is 0.278. The molecule has 1 atom stereocenters. The van der Waals surface area contributed by atoms with Crippen LogP contribution >= 0.6 is 0 Å². The summed E-state index contributed by atoms with van der Waals surface area (Å²) in [5, 5.41) is 11.0. The molecule has 0 bridgehead atoms. The highest BCUT2D eigenvalue weighted by atomic mass is 16.5. The molecule has 2 aromatic carbocycles. The molecule has 0 saturated carbocycles. The van der Waals surface area contributed by atoms with Crippen LogP contribution in [0.1, 0.15) is 18.1 Å². The lowest BCUT2D eigenvalue weighted by Gasteiger charge is -2.26. The zero-order valence-electron chi connectivity index (χ0n) is 13.4. The third-order valence-corrected chi connectivity index (χ3v) is 3.48. The minimum atomic E-state index is -1.13. The summed E-state index contributed by atoms with van der Waals surface area (Å²) in [6.07, 6.45) is 1.73. The first-order valence-corrected chi connectivity index (χ1v) is 7.12. The summed E-state index contributed by atoms with van der Waals surface area (Å²) in [6.45, 7) is 1.77. The van der Waals surface area contributed by atoms with Crippen molar-refractivity contribution in [2.75, 3.05) is 21.2 Å². The standard InChI is InChI=1S/C18H22N2O2/c1-18(21,14-8-6-5-7-9-14)16-11-10-15(12-17(16)22-4)19-13-20(2)3/h5-13,21H,1-4H3. The summed E-state index contributed by atoms with van der Waals surface area (Å²) in [6, 6.07) is 15.1. The molecular formula is C18H22N2O2. The summed E-state index contributed by atoms with van der Waals surface area (Å²) < 4.78 is 5.45. The summed E-state index contributed by atoms with van der Waals surface area (Å²) in [7, 11) is 5.42. The summed E-state index contributed by atoms with van der Waals surface area (Å²) >= 11 is 0. The highest BCUT2D eigenvalue weighted by Crippen LogP contribution is 2.37. The zero-order chi connectivity index (χ0) is 16.2. The zero-order valence-corrected chi connectivity index (χ0v) is 13.4. The van der Waals surface area contributed by atoms with Gasteiger partial charge in [0.05, 0.1) is 19.1 Å². The Morgan fingerprint density at radius 3 is 2.41 bits per heavy atom. The number of hydrogen-bond donors (Lipinski definition) is 1. The highest BCUT2D eigenvalue weighted by molar-refractivity contribution is 5.62. The first kappa shape index (κ1) is 16.0. The van der Waals surface area contributed by atoms with Crippen LogP contribution in [0, 0.1) is 0 Å². The summed E-state index contributed by atoms with van der Waals surface area (Å²) in [4.78, 5) is 6.21. The number of methoxy groups -OCH3 is 1. The van der Waals surface area contributed by atoms with Crippen LogP contribution in [-0.4, -0.2) is 37.6 Å². The van der Waals surface area contributed by atoms with E-state index in [1.54, 1.807) is 20.4 Å². The molecule has 0 aromatic heterocycles. The Labute approximate surface area is 131 Å². The first-order chi connectivity index (χ1) is 10.4. The molecular weight excluding hydrogens is 276 g/mol. The van der Waals surface area contributed by atoms with Crippen LogP contribution in [0.3, 0.4) is 0 Å². The van der Waals surface area contributed by atoms with Gasteiger partial charge in [-0.3, -0.25) is 0 Å². The summed E-state index contributed by atoms with van der Waals surface area (Å²) in [5.41, 5.74) is 1.18. The Morgan fingerprint density at radius 1 is 1.14 bits per heavy atom. The number of nitrogens with zero attached hydrogens (tertiary/aromatic N) is 2. The van der Waals surface area contributed by atoms with E-state index in [0.29, 0.717) is 11.3 Å². The minimum absolute atomic E-state index is 0.613. The molecule has 116 valence electrons. The van der Waals surface area contributed by atoms with E-state index in [2.05, 4.69) is 4.99 Å². The first-order valence-electron chi connectivity index (χ1n) is 7.12. The Balaban J connectivity index is 2.43. The number of hydrogen-bond acceptors (Lipinski definition) is 3. The molecule has 0 spiro atoms. The van der Waals surface area contributed by atoms with Crippen LogP contribution in [0.5, 0.6) is 5.75 Å². The third kappa shape index (κ3) is 3.46. The number of ether oxygens (including phenoxy) is 1. The van der Waals surface area contributed by atoms with E-state index in [1.165, 1.54) is 0 Å². The van der Waals surface area contributed by atoms with Crippen molar-refractivity contribution in [2.24, 2.45) is 4.99 Å². The molecule has 4 heteroatoms. The lowest BCUT2D eigenvalue weighted by atomic mass is 9.87. The van der Waals surface area contributed by atoms with Crippen molar-refractivity contribution in [1.29, 1.82) is 0 Å². The Bertz CT molecular complexity index is 649. The van der Waals surface area contributed by atoms with Gasteiger partial charge in [0, 0.05) is 25.7 Å². The highest BCUT2D eigenvalue weighted by Gasteiger charge is 2.28. The van der Waals surface area contributed by atoms with Gasteiger partial charge in [0.2, 0.25) is 0 Å². The molecule has 1 N–H and O–H groups in total. The van der Waals surface area contributed by atoms with E-state index in [4.69, 9.17) is 4.74 Å². The number of benzene rings is 2. The second-order valence-corrected chi connectivity index (χ2v) is 5.53. The molecule has 0 fully saturated rings. The van der Waals surface area contributed by atoms with Crippen molar-refractivity contribution >= 4 is 12.0 Å². The van der Waals surface area contributed by atoms with Gasteiger partial charge in [-0.05, 0) is 24.6 Å². The van der Waals surface area contributed by atoms with Gasteiger partial charge in [-0.1, -0.05) is 30.3 Å². The van der Waals surface area contributed by atoms with Gasteiger partial charge < -0.3 is 14.7 Å². The smallest absolute Gasteiger partial charge is 0.127 e. The SMILES string of the molecule is COc1cc(N=CN(C)C)ccc1C(C)(O)c1ccccc1. The molecule has 0 amide bonds. The van der Waals surface area contributed by atoms with Crippen molar-refractivity contribution in [1.82, 2.24) is 4.90 Å². The maximum absolute atomic E-state index is 11.0. The Morgan fingerprint density at radius 2 is 1.82 bits per heavy atom.